The fourth-order valence-corrected chi connectivity index (χ4v) is 4.19. The number of hydrogen-bond donors (Lipinski definition) is 1. The smallest absolute Gasteiger partial charge is 0.193 e. The summed E-state index contributed by atoms with van der Waals surface area (Å²) < 4.78 is 6.11. The number of rotatable bonds is 6. The first kappa shape index (κ1) is 16.7. The van der Waals surface area contributed by atoms with E-state index in [-0.39, 0.29) is 0 Å². The van der Waals surface area contributed by atoms with E-state index in [1.807, 2.05) is 37.4 Å². The quantitative estimate of drug-likeness (QED) is 0.635. The molecule has 0 atom stereocenters. The van der Waals surface area contributed by atoms with E-state index in [4.69, 9.17) is 4.74 Å². The Morgan fingerprint density at radius 2 is 1.72 bits per heavy atom. The van der Waals surface area contributed by atoms with Crippen LogP contribution < -0.4 is 10.1 Å². The van der Waals surface area contributed by atoms with Gasteiger partial charge in [0.25, 0.3) is 0 Å². The van der Waals surface area contributed by atoms with Crippen molar-refractivity contribution in [2.45, 2.75) is 44.6 Å². The minimum Gasteiger partial charge on any atom is -0.490 e. The van der Waals surface area contributed by atoms with Crippen molar-refractivity contribution in [2.24, 2.45) is 22.7 Å². The van der Waals surface area contributed by atoms with E-state index in [0.29, 0.717) is 6.10 Å². The molecule has 1 aromatic carbocycles. The van der Waals surface area contributed by atoms with Gasteiger partial charge in [0.1, 0.15) is 11.9 Å². The number of likely N-dealkylation sites (tertiary alicyclic amines) is 1. The number of benzene rings is 1. The van der Waals surface area contributed by atoms with Crippen LogP contribution in [0.25, 0.3) is 0 Å². The highest BCUT2D eigenvalue weighted by Crippen LogP contribution is 2.48. The Morgan fingerprint density at radius 1 is 1.08 bits per heavy atom. The van der Waals surface area contributed by atoms with Gasteiger partial charge < -0.3 is 15.0 Å². The van der Waals surface area contributed by atoms with Crippen molar-refractivity contribution in [1.29, 1.82) is 0 Å². The van der Waals surface area contributed by atoms with Gasteiger partial charge in [-0.2, -0.15) is 0 Å². The minimum atomic E-state index is 0.322. The van der Waals surface area contributed by atoms with Gasteiger partial charge in [-0.3, -0.25) is 4.99 Å². The molecule has 0 unspecified atom stereocenters. The number of piperidine rings is 1. The number of nitrogens with one attached hydrogen (secondary N) is 1. The van der Waals surface area contributed by atoms with Crippen LogP contribution in [0.1, 0.15) is 38.5 Å². The Kier molecular flexibility index (Phi) is 5.14. The maximum absolute atomic E-state index is 6.11. The molecule has 1 saturated heterocycles. The third-order valence-electron chi connectivity index (χ3n) is 5.95. The maximum atomic E-state index is 6.11. The maximum Gasteiger partial charge on any atom is 0.193 e. The van der Waals surface area contributed by atoms with Gasteiger partial charge in [0.2, 0.25) is 0 Å². The zero-order valence-corrected chi connectivity index (χ0v) is 15.4. The van der Waals surface area contributed by atoms with Crippen molar-refractivity contribution in [3.8, 4) is 5.75 Å². The second-order valence-electron chi connectivity index (χ2n) is 7.88. The van der Waals surface area contributed by atoms with Gasteiger partial charge in [-0.15, -0.1) is 0 Å². The lowest BCUT2D eigenvalue weighted by atomic mass is 9.98. The first-order valence-electron chi connectivity index (χ1n) is 10.0. The van der Waals surface area contributed by atoms with Crippen LogP contribution in [0.3, 0.4) is 0 Å². The molecule has 3 aliphatic rings. The molecule has 0 radical (unpaired) electrons. The molecule has 1 aromatic rings. The van der Waals surface area contributed by atoms with Gasteiger partial charge in [-0.25, -0.2) is 0 Å². The first-order chi connectivity index (χ1) is 12.3. The lowest BCUT2D eigenvalue weighted by molar-refractivity contribution is 0.129. The zero-order chi connectivity index (χ0) is 17.1. The topological polar surface area (TPSA) is 36.9 Å². The van der Waals surface area contributed by atoms with E-state index in [9.17, 15) is 0 Å². The molecule has 0 bridgehead atoms. The summed E-state index contributed by atoms with van der Waals surface area (Å²) in [7, 11) is 1.91. The van der Waals surface area contributed by atoms with Crippen LogP contribution in [0.5, 0.6) is 5.75 Å². The molecule has 4 nitrogen and oxygen atoms in total. The summed E-state index contributed by atoms with van der Waals surface area (Å²) in [5, 5.41) is 3.68. The van der Waals surface area contributed by atoms with E-state index >= 15 is 0 Å². The van der Waals surface area contributed by atoms with Gasteiger partial charge in [0.15, 0.2) is 5.96 Å². The number of guanidine groups is 1. The van der Waals surface area contributed by atoms with Crippen molar-refractivity contribution in [3.05, 3.63) is 30.3 Å². The number of para-hydroxylation sites is 1. The summed E-state index contributed by atoms with van der Waals surface area (Å²) in [6.07, 6.45) is 8.23. The molecular weight excluding hydrogens is 310 g/mol. The number of aliphatic imine (C=N–C) groups is 1. The molecule has 3 fully saturated rings. The molecular formula is C21H31N3O. The fraction of sp³-hybridized carbons (Fsp3) is 0.667. The van der Waals surface area contributed by atoms with Crippen LogP contribution in [-0.4, -0.2) is 43.6 Å². The zero-order valence-electron chi connectivity index (χ0n) is 15.4. The van der Waals surface area contributed by atoms with Gasteiger partial charge in [0.05, 0.1) is 0 Å². The fourth-order valence-electron chi connectivity index (χ4n) is 4.19. The van der Waals surface area contributed by atoms with Crippen molar-refractivity contribution in [1.82, 2.24) is 10.2 Å². The lowest BCUT2D eigenvalue weighted by Gasteiger charge is -2.34. The van der Waals surface area contributed by atoms with E-state index in [2.05, 4.69) is 15.2 Å². The molecule has 2 saturated carbocycles. The van der Waals surface area contributed by atoms with Gasteiger partial charge in [-0.05, 0) is 55.6 Å². The van der Waals surface area contributed by atoms with Crippen LogP contribution in [0.2, 0.25) is 0 Å². The van der Waals surface area contributed by atoms with Crippen LogP contribution in [0.4, 0.5) is 0 Å². The standard InChI is InChI=1S/C21H31N3O/c1-22-21(23-15-20(16-7-8-16)17-9-10-17)24-13-11-19(12-14-24)25-18-5-3-2-4-6-18/h2-6,16-17,19-20H,7-15H2,1H3,(H,22,23). The molecule has 4 rings (SSSR count). The number of hydrogen-bond acceptors (Lipinski definition) is 2. The largest absolute Gasteiger partial charge is 0.490 e. The molecule has 4 heteroatoms. The highest BCUT2D eigenvalue weighted by molar-refractivity contribution is 5.80. The van der Waals surface area contributed by atoms with Crippen molar-refractivity contribution in [3.63, 3.8) is 0 Å². The molecule has 0 amide bonds. The summed E-state index contributed by atoms with van der Waals surface area (Å²) in [5.74, 6) is 4.94. The highest BCUT2D eigenvalue weighted by atomic mass is 16.5. The summed E-state index contributed by atoms with van der Waals surface area (Å²) >= 11 is 0. The predicted octanol–water partition coefficient (Wildman–Crippen LogP) is 3.54. The highest BCUT2D eigenvalue weighted by Gasteiger charge is 2.41. The Hall–Kier alpha value is -1.71. The molecule has 25 heavy (non-hydrogen) atoms. The van der Waals surface area contributed by atoms with Crippen LogP contribution in [-0.2, 0) is 0 Å². The number of ether oxygens (including phenoxy) is 1. The molecule has 0 spiro atoms. The number of nitrogens with zero attached hydrogens (tertiary/aromatic N) is 2. The SMILES string of the molecule is CN=C(NCC(C1CC1)C1CC1)N1CCC(Oc2ccccc2)CC1. The average molecular weight is 341 g/mol. The Labute approximate surface area is 151 Å². The normalized spacial score (nSPS) is 22.3. The second-order valence-corrected chi connectivity index (χ2v) is 7.88. The monoisotopic (exact) mass is 341 g/mol. The Morgan fingerprint density at radius 3 is 2.28 bits per heavy atom. The third-order valence-corrected chi connectivity index (χ3v) is 5.95. The van der Waals surface area contributed by atoms with Crippen molar-refractivity contribution in [2.75, 3.05) is 26.7 Å². The summed E-state index contributed by atoms with van der Waals surface area (Å²) in [6.45, 7) is 3.16. The first-order valence-corrected chi connectivity index (χ1v) is 10.0. The Balaban J connectivity index is 1.24. The molecule has 1 heterocycles. The summed E-state index contributed by atoms with van der Waals surface area (Å²) in [5.41, 5.74) is 0. The van der Waals surface area contributed by atoms with Crippen molar-refractivity contribution >= 4 is 5.96 Å². The van der Waals surface area contributed by atoms with Crippen LogP contribution in [0, 0.1) is 17.8 Å². The molecule has 136 valence electrons. The molecule has 1 aliphatic heterocycles. The summed E-state index contributed by atoms with van der Waals surface area (Å²) in [6, 6.07) is 10.2. The van der Waals surface area contributed by atoms with Gasteiger partial charge >= 0.3 is 0 Å². The van der Waals surface area contributed by atoms with Crippen LogP contribution in [0.15, 0.2) is 35.3 Å². The molecule has 1 N–H and O–H groups in total. The van der Waals surface area contributed by atoms with Crippen LogP contribution >= 0.6 is 0 Å². The summed E-state index contributed by atoms with van der Waals surface area (Å²) in [4.78, 5) is 6.95. The van der Waals surface area contributed by atoms with E-state index in [0.717, 1.165) is 61.9 Å². The molecule has 2 aliphatic carbocycles. The molecule has 0 aromatic heterocycles. The predicted molar refractivity (Wildman–Crippen MR) is 102 cm³/mol. The third kappa shape index (κ3) is 4.47. The Bertz CT molecular complexity index is 560. The average Bonchev–Trinajstić information content (AvgIpc) is 3.55. The lowest BCUT2D eigenvalue weighted by Crippen LogP contribution is -2.48. The van der Waals surface area contributed by atoms with E-state index in [1.165, 1.54) is 25.7 Å². The van der Waals surface area contributed by atoms with Gasteiger partial charge in [0, 0.05) is 39.5 Å². The van der Waals surface area contributed by atoms with Gasteiger partial charge in [-0.1, -0.05) is 18.2 Å². The van der Waals surface area contributed by atoms with Crippen molar-refractivity contribution < 1.29 is 4.74 Å². The second kappa shape index (κ2) is 7.67. The minimum absolute atomic E-state index is 0.322. The van der Waals surface area contributed by atoms with E-state index < -0.39 is 0 Å². The van der Waals surface area contributed by atoms with E-state index in [1.54, 1.807) is 0 Å².